The third kappa shape index (κ3) is 3.09. The van der Waals surface area contributed by atoms with Crippen molar-refractivity contribution in [3.05, 3.63) is 41.2 Å². The van der Waals surface area contributed by atoms with Gasteiger partial charge in [-0.2, -0.15) is 18.2 Å². The fourth-order valence-electron chi connectivity index (χ4n) is 1.38. The van der Waals surface area contributed by atoms with Gasteiger partial charge in [-0.15, -0.1) is 5.10 Å². The number of anilines is 1. The topological polar surface area (TPSA) is 70.7 Å². The molecule has 1 amide bonds. The largest absolute Gasteiger partial charge is 0.416 e. The van der Waals surface area contributed by atoms with Crippen LogP contribution in [0, 0.1) is 6.92 Å². The third-order valence-electron chi connectivity index (χ3n) is 2.30. The minimum atomic E-state index is -4.42. The summed E-state index contributed by atoms with van der Waals surface area (Å²) >= 11 is 0. The van der Waals surface area contributed by atoms with Crippen molar-refractivity contribution in [1.82, 2.24) is 15.2 Å². The van der Waals surface area contributed by atoms with Crippen LogP contribution in [-0.2, 0) is 6.18 Å². The monoisotopic (exact) mass is 270 g/mol. The quantitative estimate of drug-likeness (QED) is 0.880. The minimum Gasteiger partial charge on any atom is -0.289 e. The summed E-state index contributed by atoms with van der Waals surface area (Å²) in [6.07, 6.45) is -4.42. The van der Waals surface area contributed by atoms with Gasteiger partial charge in [0.1, 0.15) is 5.82 Å². The molecule has 0 saturated carbocycles. The lowest BCUT2D eigenvalue weighted by molar-refractivity contribution is -0.137. The number of nitrogens with zero attached hydrogens (tertiary/aromatic N) is 2. The zero-order valence-corrected chi connectivity index (χ0v) is 9.75. The van der Waals surface area contributed by atoms with Gasteiger partial charge in [0.05, 0.1) is 5.56 Å². The Labute approximate surface area is 105 Å². The normalized spacial score (nSPS) is 11.4. The van der Waals surface area contributed by atoms with Gasteiger partial charge in [0.15, 0.2) is 0 Å². The van der Waals surface area contributed by atoms with E-state index in [9.17, 15) is 18.0 Å². The number of aromatic nitrogens is 3. The van der Waals surface area contributed by atoms with E-state index >= 15 is 0 Å². The second kappa shape index (κ2) is 4.71. The first-order valence-corrected chi connectivity index (χ1v) is 5.24. The van der Waals surface area contributed by atoms with Crippen LogP contribution in [0.1, 0.15) is 21.7 Å². The van der Waals surface area contributed by atoms with E-state index in [-0.39, 0.29) is 11.5 Å². The molecule has 0 spiro atoms. The second-order valence-corrected chi connectivity index (χ2v) is 3.77. The van der Waals surface area contributed by atoms with Crippen molar-refractivity contribution in [3.63, 3.8) is 0 Å². The summed E-state index contributed by atoms with van der Waals surface area (Å²) in [5, 5.41) is 8.58. The van der Waals surface area contributed by atoms with Crippen molar-refractivity contribution >= 4 is 11.9 Å². The summed E-state index contributed by atoms with van der Waals surface area (Å²) in [6.45, 7) is 1.65. The number of aryl methyl sites for hydroxylation is 1. The van der Waals surface area contributed by atoms with Crippen LogP contribution in [0.2, 0.25) is 0 Å². The number of nitrogens with one attached hydrogen (secondary N) is 2. The lowest BCUT2D eigenvalue weighted by Crippen LogP contribution is -2.13. The molecule has 0 unspecified atom stereocenters. The predicted octanol–water partition coefficient (Wildman–Crippen LogP) is 2.38. The molecular formula is C11H9F3N4O. The van der Waals surface area contributed by atoms with Gasteiger partial charge < -0.3 is 0 Å². The number of alkyl halides is 3. The molecule has 5 nitrogen and oxygen atoms in total. The highest BCUT2D eigenvalue weighted by Gasteiger charge is 2.30. The van der Waals surface area contributed by atoms with Gasteiger partial charge in [0, 0.05) is 5.56 Å². The maximum Gasteiger partial charge on any atom is 0.416 e. The van der Waals surface area contributed by atoms with Crippen LogP contribution in [0.5, 0.6) is 0 Å². The fourth-order valence-corrected chi connectivity index (χ4v) is 1.38. The molecule has 8 heteroatoms. The Morgan fingerprint density at radius 1 is 1.26 bits per heavy atom. The van der Waals surface area contributed by atoms with Crippen LogP contribution in [-0.4, -0.2) is 21.1 Å². The van der Waals surface area contributed by atoms with Crippen LogP contribution in [0.3, 0.4) is 0 Å². The Morgan fingerprint density at radius 3 is 2.37 bits per heavy atom. The van der Waals surface area contributed by atoms with Crippen molar-refractivity contribution in [3.8, 4) is 0 Å². The number of carbonyl (C=O) groups is 1. The van der Waals surface area contributed by atoms with Crippen LogP contribution in [0.25, 0.3) is 0 Å². The molecule has 0 bridgehead atoms. The van der Waals surface area contributed by atoms with E-state index < -0.39 is 17.6 Å². The van der Waals surface area contributed by atoms with Crippen LogP contribution in [0.4, 0.5) is 19.1 Å². The van der Waals surface area contributed by atoms with Gasteiger partial charge in [0.2, 0.25) is 5.95 Å². The Balaban J connectivity index is 2.12. The maximum atomic E-state index is 12.3. The predicted molar refractivity (Wildman–Crippen MR) is 60.5 cm³/mol. The molecule has 0 fully saturated rings. The zero-order chi connectivity index (χ0) is 14.0. The van der Waals surface area contributed by atoms with Crippen LogP contribution >= 0.6 is 0 Å². The average Bonchev–Trinajstić information content (AvgIpc) is 2.74. The van der Waals surface area contributed by atoms with E-state index in [4.69, 9.17) is 0 Å². The lowest BCUT2D eigenvalue weighted by Gasteiger charge is -2.07. The van der Waals surface area contributed by atoms with E-state index in [1.807, 2.05) is 0 Å². The molecule has 0 radical (unpaired) electrons. The van der Waals surface area contributed by atoms with E-state index in [0.29, 0.717) is 5.82 Å². The molecule has 0 saturated heterocycles. The molecule has 1 aromatic heterocycles. The van der Waals surface area contributed by atoms with Crippen molar-refractivity contribution < 1.29 is 18.0 Å². The first-order chi connectivity index (χ1) is 8.86. The maximum absolute atomic E-state index is 12.3. The number of amides is 1. The SMILES string of the molecule is Cc1nc(NC(=O)c2ccc(C(F)(F)F)cc2)n[nH]1. The van der Waals surface area contributed by atoms with E-state index in [1.54, 1.807) is 6.92 Å². The van der Waals surface area contributed by atoms with Crippen molar-refractivity contribution in [1.29, 1.82) is 0 Å². The van der Waals surface area contributed by atoms with Crippen LogP contribution < -0.4 is 5.32 Å². The number of aromatic amines is 1. The highest BCUT2D eigenvalue weighted by Crippen LogP contribution is 2.29. The van der Waals surface area contributed by atoms with E-state index in [2.05, 4.69) is 20.5 Å². The smallest absolute Gasteiger partial charge is 0.289 e. The van der Waals surface area contributed by atoms with Crippen LogP contribution in [0.15, 0.2) is 24.3 Å². The summed E-state index contributed by atoms with van der Waals surface area (Å²) in [4.78, 5) is 15.6. The first-order valence-electron chi connectivity index (χ1n) is 5.24. The number of carbonyl (C=O) groups excluding carboxylic acids is 1. The molecule has 100 valence electrons. The lowest BCUT2D eigenvalue weighted by atomic mass is 10.1. The number of H-pyrrole nitrogens is 1. The molecule has 1 heterocycles. The Morgan fingerprint density at radius 2 is 1.89 bits per heavy atom. The zero-order valence-electron chi connectivity index (χ0n) is 9.75. The highest BCUT2D eigenvalue weighted by molar-refractivity contribution is 6.03. The van der Waals surface area contributed by atoms with Gasteiger partial charge in [-0.3, -0.25) is 15.2 Å². The third-order valence-corrected chi connectivity index (χ3v) is 2.30. The Bertz CT molecular complexity index is 589. The van der Waals surface area contributed by atoms with Gasteiger partial charge in [-0.05, 0) is 31.2 Å². The number of halogens is 3. The summed E-state index contributed by atoms with van der Waals surface area (Å²) in [5.41, 5.74) is -0.715. The van der Waals surface area contributed by atoms with Crippen molar-refractivity contribution in [2.45, 2.75) is 13.1 Å². The summed E-state index contributed by atoms with van der Waals surface area (Å²) in [6, 6.07) is 3.88. The average molecular weight is 270 g/mol. The van der Waals surface area contributed by atoms with E-state index in [1.165, 1.54) is 0 Å². The van der Waals surface area contributed by atoms with E-state index in [0.717, 1.165) is 24.3 Å². The number of benzene rings is 1. The molecule has 2 rings (SSSR count). The number of hydrogen-bond donors (Lipinski definition) is 2. The molecule has 2 N–H and O–H groups in total. The first kappa shape index (κ1) is 13.1. The minimum absolute atomic E-state index is 0.0717. The molecule has 1 aromatic carbocycles. The van der Waals surface area contributed by atoms with Gasteiger partial charge >= 0.3 is 6.18 Å². The molecule has 0 aliphatic carbocycles. The molecular weight excluding hydrogens is 261 g/mol. The summed E-state index contributed by atoms with van der Waals surface area (Å²) in [7, 11) is 0. The molecule has 0 aliphatic heterocycles. The fraction of sp³-hybridized carbons (Fsp3) is 0.182. The van der Waals surface area contributed by atoms with Gasteiger partial charge in [-0.25, -0.2) is 0 Å². The highest BCUT2D eigenvalue weighted by atomic mass is 19.4. The molecule has 0 aliphatic rings. The molecule has 2 aromatic rings. The van der Waals surface area contributed by atoms with Crippen molar-refractivity contribution in [2.75, 3.05) is 5.32 Å². The Hall–Kier alpha value is -2.38. The van der Waals surface area contributed by atoms with Gasteiger partial charge in [0.25, 0.3) is 5.91 Å². The van der Waals surface area contributed by atoms with Gasteiger partial charge in [-0.1, -0.05) is 0 Å². The summed E-state index contributed by atoms with van der Waals surface area (Å²) < 4.78 is 37.0. The summed E-state index contributed by atoms with van der Waals surface area (Å²) in [5.74, 6) is 0.0119. The Kier molecular flexibility index (Phi) is 3.24. The molecule has 0 atom stereocenters. The number of rotatable bonds is 2. The molecule has 19 heavy (non-hydrogen) atoms. The standard InChI is InChI=1S/C11H9F3N4O/c1-6-15-10(18-17-6)16-9(19)7-2-4-8(5-3-7)11(12,13)14/h2-5H,1H3,(H2,15,16,17,18,19). The second-order valence-electron chi connectivity index (χ2n) is 3.77. The van der Waals surface area contributed by atoms with Crippen molar-refractivity contribution in [2.24, 2.45) is 0 Å². The number of hydrogen-bond acceptors (Lipinski definition) is 3.